The standard InChI is InChI=1S/C21H27FN6O/c22-17-11-23-6-5-14(17)12-27-7-8-28-15(13-27)10-24-21-19(28)9-18(25-26-21)16-3-1-2-4-20(16)29/h1-4,9,14-15,17,23,29H,5-8,10-13H2,(H,24,26)/t14?,15-,17?/m0/s1. The van der Waals surface area contributed by atoms with Crippen molar-refractivity contribution < 1.29 is 9.50 Å². The quantitative estimate of drug-likeness (QED) is 0.727. The van der Waals surface area contributed by atoms with Gasteiger partial charge in [0.25, 0.3) is 0 Å². The maximum absolute atomic E-state index is 14.2. The second-order valence-electron chi connectivity index (χ2n) is 8.24. The molecule has 3 aliphatic rings. The molecule has 4 heterocycles. The van der Waals surface area contributed by atoms with E-state index >= 15 is 0 Å². The second-order valence-corrected chi connectivity index (χ2v) is 8.24. The number of piperidine rings is 1. The molecule has 29 heavy (non-hydrogen) atoms. The zero-order valence-electron chi connectivity index (χ0n) is 16.4. The van der Waals surface area contributed by atoms with E-state index in [1.807, 2.05) is 18.2 Å². The van der Waals surface area contributed by atoms with Crippen LogP contribution in [0.5, 0.6) is 5.75 Å². The van der Waals surface area contributed by atoms with Crippen LogP contribution in [-0.4, -0.2) is 78.2 Å². The maximum Gasteiger partial charge on any atom is 0.172 e. The number of hydrogen-bond donors (Lipinski definition) is 3. The smallest absolute Gasteiger partial charge is 0.172 e. The Bertz CT molecular complexity index is 880. The molecule has 0 aliphatic carbocycles. The number of anilines is 2. The number of nitrogens with zero attached hydrogens (tertiary/aromatic N) is 4. The van der Waals surface area contributed by atoms with E-state index in [2.05, 4.69) is 30.6 Å². The molecule has 1 aromatic carbocycles. The van der Waals surface area contributed by atoms with Crippen molar-refractivity contribution in [3.05, 3.63) is 30.3 Å². The lowest BCUT2D eigenvalue weighted by Crippen LogP contribution is -2.59. The summed E-state index contributed by atoms with van der Waals surface area (Å²) in [5.74, 6) is 1.12. The van der Waals surface area contributed by atoms with Gasteiger partial charge in [-0.25, -0.2) is 4.39 Å². The minimum absolute atomic E-state index is 0.130. The first-order chi connectivity index (χ1) is 14.2. The average molecular weight is 398 g/mol. The Morgan fingerprint density at radius 3 is 2.93 bits per heavy atom. The van der Waals surface area contributed by atoms with E-state index in [0.29, 0.717) is 23.8 Å². The predicted octanol–water partition coefficient (Wildman–Crippen LogP) is 1.71. The topological polar surface area (TPSA) is 76.5 Å². The number of benzene rings is 1. The van der Waals surface area contributed by atoms with Crippen molar-refractivity contribution in [2.24, 2.45) is 5.92 Å². The molecule has 3 N–H and O–H groups in total. The van der Waals surface area contributed by atoms with Crippen molar-refractivity contribution in [3.8, 4) is 17.0 Å². The normalized spacial score (nSPS) is 27.1. The van der Waals surface area contributed by atoms with Crippen molar-refractivity contribution >= 4 is 11.5 Å². The predicted molar refractivity (Wildman–Crippen MR) is 111 cm³/mol. The molecule has 8 heteroatoms. The van der Waals surface area contributed by atoms with E-state index in [1.165, 1.54) is 0 Å². The lowest BCUT2D eigenvalue weighted by molar-refractivity contribution is 0.114. The van der Waals surface area contributed by atoms with Gasteiger partial charge in [-0.15, -0.1) is 10.2 Å². The molecular formula is C21H27FN6O. The van der Waals surface area contributed by atoms with E-state index in [0.717, 1.165) is 57.2 Å². The summed E-state index contributed by atoms with van der Waals surface area (Å²) < 4.78 is 14.2. The van der Waals surface area contributed by atoms with Crippen molar-refractivity contribution in [1.29, 1.82) is 0 Å². The lowest BCUT2D eigenvalue weighted by Gasteiger charge is -2.46. The highest BCUT2D eigenvalue weighted by atomic mass is 19.1. The molecule has 154 valence electrons. The molecule has 2 fully saturated rings. The van der Waals surface area contributed by atoms with Gasteiger partial charge in [0.15, 0.2) is 5.82 Å². The van der Waals surface area contributed by atoms with Gasteiger partial charge in [-0.05, 0) is 31.2 Å². The number of piperazine rings is 1. The molecule has 0 amide bonds. The molecule has 1 aromatic heterocycles. The summed E-state index contributed by atoms with van der Waals surface area (Å²) >= 11 is 0. The minimum Gasteiger partial charge on any atom is -0.507 e. The van der Waals surface area contributed by atoms with Crippen molar-refractivity contribution in [2.75, 3.05) is 56.0 Å². The van der Waals surface area contributed by atoms with Crippen LogP contribution in [0.25, 0.3) is 11.3 Å². The molecule has 3 aliphatic heterocycles. The Hall–Kier alpha value is -2.45. The summed E-state index contributed by atoms with van der Waals surface area (Å²) in [7, 11) is 0. The van der Waals surface area contributed by atoms with Gasteiger partial charge >= 0.3 is 0 Å². The first kappa shape index (κ1) is 18.6. The highest BCUT2D eigenvalue weighted by Crippen LogP contribution is 2.36. The zero-order valence-corrected chi connectivity index (χ0v) is 16.4. The molecule has 2 unspecified atom stereocenters. The van der Waals surface area contributed by atoms with Crippen molar-refractivity contribution in [1.82, 2.24) is 20.4 Å². The molecule has 0 radical (unpaired) electrons. The Morgan fingerprint density at radius 1 is 1.17 bits per heavy atom. The first-order valence-corrected chi connectivity index (χ1v) is 10.4. The van der Waals surface area contributed by atoms with Crippen LogP contribution in [0.1, 0.15) is 6.42 Å². The van der Waals surface area contributed by atoms with Gasteiger partial charge in [-0.2, -0.15) is 0 Å². The molecule has 0 bridgehead atoms. The fourth-order valence-electron chi connectivity index (χ4n) is 4.75. The minimum atomic E-state index is -0.747. The maximum atomic E-state index is 14.2. The van der Waals surface area contributed by atoms with E-state index < -0.39 is 6.17 Å². The third-order valence-corrected chi connectivity index (χ3v) is 6.37. The Balaban J connectivity index is 1.33. The number of nitrogens with one attached hydrogen (secondary N) is 2. The third-order valence-electron chi connectivity index (χ3n) is 6.37. The van der Waals surface area contributed by atoms with E-state index in [1.54, 1.807) is 12.1 Å². The Kier molecular flexibility index (Phi) is 4.97. The van der Waals surface area contributed by atoms with Crippen LogP contribution in [0.2, 0.25) is 0 Å². The van der Waals surface area contributed by atoms with Gasteiger partial charge in [0, 0.05) is 50.7 Å². The number of fused-ring (bicyclic) bond motifs is 3. The van der Waals surface area contributed by atoms with Gasteiger partial charge in [-0.3, -0.25) is 4.90 Å². The Morgan fingerprint density at radius 2 is 2.07 bits per heavy atom. The van der Waals surface area contributed by atoms with Gasteiger partial charge in [0.2, 0.25) is 0 Å². The number of phenolic OH excluding ortho intramolecular Hbond substituents is 1. The number of rotatable bonds is 3. The lowest BCUT2D eigenvalue weighted by atomic mass is 9.94. The average Bonchev–Trinajstić information content (AvgIpc) is 2.75. The summed E-state index contributed by atoms with van der Waals surface area (Å²) in [4.78, 5) is 4.80. The molecular weight excluding hydrogens is 371 g/mol. The zero-order chi connectivity index (χ0) is 19.8. The molecule has 2 aromatic rings. The van der Waals surface area contributed by atoms with Crippen LogP contribution in [0.4, 0.5) is 15.9 Å². The van der Waals surface area contributed by atoms with Crippen LogP contribution in [0, 0.1) is 5.92 Å². The van der Waals surface area contributed by atoms with E-state index in [9.17, 15) is 9.50 Å². The van der Waals surface area contributed by atoms with E-state index in [4.69, 9.17) is 0 Å². The molecule has 0 spiro atoms. The monoisotopic (exact) mass is 398 g/mol. The van der Waals surface area contributed by atoms with Crippen LogP contribution < -0.4 is 15.5 Å². The van der Waals surface area contributed by atoms with E-state index in [-0.39, 0.29) is 11.7 Å². The molecule has 7 nitrogen and oxygen atoms in total. The summed E-state index contributed by atoms with van der Waals surface area (Å²) in [6.45, 7) is 5.75. The van der Waals surface area contributed by atoms with Crippen LogP contribution >= 0.6 is 0 Å². The SMILES string of the molecule is Oc1ccccc1-c1cc2c(nn1)NC[C@H]1CN(CC3CCNCC3F)CCN21. The van der Waals surface area contributed by atoms with Gasteiger partial charge in [0.05, 0.1) is 17.4 Å². The number of alkyl halides is 1. The van der Waals surface area contributed by atoms with Gasteiger partial charge in [0.1, 0.15) is 11.9 Å². The third kappa shape index (κ3) is 3.62. The number of para-hydroxylation sites is 1. The molecule has 2 saturated heterocycles. The van der Waals surface area contributed by atoms with Crippen molar-refractivity contribution in [2.45, 2.75) is 18.6 Å². The highest BCUT2D eigenvalue weighted by molar-refractivity contribution is 5.76. The summed E-state index contributed by atoms with van der Waals surface area (Å²) in [6, 6.07) is 9.52. The summed E-state index contributed by atoms with van der Waals surface area (Å²) in [5, 5.41) is 25.4. The van der Waals surface area contributed by atoms with Crippen LogP contribution in [-0.2, 0) is 0 Å². The number of halogens is 1. The first-order valence-electron chi connectivity index (χ1n) is 10.4. The molecule has 0 saturated carbocycles. The van der Waals surface area contributed by atoms with Crippen molar-refractivity contribution in [3.63, 3.8) is 0 Å². The summed E-state index contributed by atoms with van der Waals surface area (Å²) in [6.07, 6.45) is 0.162. The summed E-state index contributed by atoms with van der Waals surface area (Å²) in [5.41, 5.74) is 2.38. The van der Waals surface area contributed by atoms with Gasteiger partial charge < -0.3 is 20.6 Å². The Labute approximate surface area is 169 Å². The molecule has 3 atom stereocenters. The number of aromatic hydroxyl groups is 1. The fourth-order valence-corrected chi connectivity index (χ4v) is 4.75. The second kappa shape index (κ2) is 7.76. The number of aromatic nitrogens is 2. The largest absolute Gasteiger partial charge is 0.507 e. The highest BCUT2D eigenvalue weighted by Gasteiger charge is 2.35. The van der Waals surface area contributed by atoms with Crippen LogP contribution in [0.3, 0.4) is 0 Å². The molecule has 5 rings (SSSR count). The fraction of sp³-hybridized carbons (Fsp3) is 0.524. The van der Waals surface area contributed by atoms with Gasteiger partial charge in [-0.1, -0.05) is 12.1 Å². The number of phenols is 1. The van der Waals surface area contributed by atoms with Crippen LogP contribution in [0.15, 0.2) is 30.3 Å². The number of hydrogen-bond acceptors (Lipinski definition) is 7.